The van der Waals surface area contributed by atoms with Crippen molar-refractivity contribution in [1.82, 2.24) is 4.90 Å². The first-order chi connectivity index (χ1) is 15.8. The fourth-order valence-corrected chi connectivity index (χ4v) is 3.97. The molecule has 1 aliphatic heterocycles. The van der Waals surface area contributed by atoms with Crippen molar-refractivity contribution in [2.45, 2.75) is 52.9 Å². The molecule has 5 nitrogen and oxygen atoms in total. The van der Waals surface area contributed by atoms with Gasteiger partial charge < -0.3 is 19.7 Å². The Labute approximate surface area is 198 Å². The Bertz CT molecular complexity index is 954. The second-order valence-corrected chi connectivity index (χ2v) is 9.48. The molecule has 1 N–H and O–H groups in total. The van der Waals surface area contributed by atoms with Gasteiger partial charge in [-0.05, 0) is 66.7 Å². The van der Waals surface area contributed by atoms with Gasteiger partial charge >= 0.3 is 0 Å². The number of ether oxygens (including phenoxy) is 2. The maximum Gasteiger partial charge on any atom is 0.248 e. The smallest absolute Gasteiger partial charge is 0.248 e. The van der Waals surface area contributed by atoms with E-state index in [0.29, 0.717) is 30.4 Å². The quantitative estimate of drug-likeness (QED) is 0.483. The van der Waals surface area contributed by atoms with Crippen LogP contribution in [0.15, 0.2) is 48.5 Å². The van der Waals surface area contributed by atoms with Crippen LogP contribution in [0.25, 0.3) is 5.57 Å². The van der Waals surface area contributed by atoms with Gasteiger partial charge in [-0.15, -0.1) is 0 Å². The molecule has 3 rings (SSSR count). The van der Waals surface area contributed by atoms with E-state index in [1.54, 1.807) is 6.08 Å². The van der Waals surface area contributed by atoms with Crippen molar-refractivity contribution in [2.75, 3.05) is 38.2 Å². The SMILES string of the molecule is CCN(CC)CCC/C(=C\C(=O)Nc1ccc2c(c1)OCCO2)c1ccc(C(C)(C)C)cc1. The molecule has 0 unspecified atom stereocenters. The lowest BCUT2D eigenvalue weighted by atomic mass is 9.86. The largest absolute Gasteiger partial charge is 0.486 e. The number of carbonyl (C=O) groups is 1. The summed E-state index contributed by atoms with van der Waals surface area (Å²) in [7, 11) is 0. The van der Waals surface area contributed by atoms with Crippen LogP contribution in [-0.4, -0.2) is 43.7 Å². The van der Waals surface area contributed by atoms with Crippen molar-refractivity contribution in [3.8, 4) is 11.5 Å². The van der Waals surface area contributed by atoms with Gasteiger partial charge in [0, 0.05) is 17.8 Å². The minimum absolute atomic E-state index is 0.0980. The van der Waals surface area contributed by atoms with Crippen LogP contribution in [-0.2, 0) is 10.2 Å². The number of anilines is 1. The highest BCUT2D eigenvalue weighted by atomic mass is 16.6. The van der Waals surface area contributed by atoms with Gasteiger partial charge in [0.15, 0.2) is 11.5 Å². The van der Waals surface area contributed by atoms with E-state index < -0.39 is 0 Å². The molecule has 0 saturated carbocycles. The van der Waals surface area contributed by atoms with Crippen LogP contribution in [0.4, 0.5) is 5.69 Å². The number of benzene rings is 2. The number of fused-ring (bicyclic) bond motifs is 1. The van der Waals surface area contributed by atoms with E-state index in [1.165, 1.54) is 5.56 Å². The third-order valence-corrected chi connectivity index (χ3v) is 6.05. The molecule has 1 heterocycles. The highest BCUT2D eigenvalue weighted by molar-refractivity contribution is 6.04. The zero-order valence-electron chi connectivity index (χ0n) is 20.7. The minimum Gasteiger partial charge on any atom is -0.486 e. The summed E-state index contributed by atoms with van der Waals surface area (Å²) >= 11 is 0. The molecule has 0 fully saturated rings. The Morgan fingerprint density at radius 3 is 2.30 bits per heavy atom. The van der Waals surface area contributed by atoms with Crippen LogP contribution in [0.2, 0.25) is 0 Å². The Hall–Kier alpha value is -2.79. The summed E-state index contributed by atoms with van der Waals surface area (Å²) < 4.78 is 11.2. The van der Waals surface area contributed by atoms with Crippen LogP contribution < -0.4 is 14.8 Å². The minimum atomic E-state index is -0.135. The summed E-state index contributed by atoms with van der Waals surface area (Å²) in [5.41, 5.74) is 4.24. The summed E-state index contributed by atoms with van der Waals surface area (Å²) in [5.74, 6) is 1.25. The zero-order valence-corrected chi connectivity index (χ0v) is 20.7. The fourth-order valence-electron chi connectivity index (χ4n) is 3.97. The molecule has 0 radical (unpaired) electrons. The Morgan fingerprint density at radius 2 is 1.67 bits per heavy atom. The highest BCUT2D eigenvalue weighted by Gasteiger charge is 2.15. The maximum atomic E-state index is 12.9. The predicted molar refractivity (Wildman–Crippen MR) is 136 cm³/mol. The van der Waals surface area contributed by atoms with Gasteiger partial charge in [0.1, 0.15) is 13.2 Å². The van der Waals surface area contributed by atoms with Gasteiger partial charge in [0.05, 0.1) is 0 Å². The Kier molecular flexibility index (Phi) is 8.56. The van der Waals surface area contributed by atoms with Crippen molar-refractivity contribution < 1.29 is 14.3 Å². The van der Waals surface area contributed by atoms with Crippen LogP contribution in [0.5, 0.6) is 11.5 Å². The molecule has 1 amide bonds. The summed E-state index contributed by atoms with van der Waals surface area (Å²) in [6, 6.07) is 14.1. The average molecular weight is 451 g/mol. The number of nitrogens with one attached hydrogen (secondary N) is 1. The molecule has 33 heavy (non-hydrogen) atoms. The second-order valence-electron chi connectivity index (χ2n) is 9.48. The van der Waals surface area contributed by atoms with Crippen molar-refractivity contribution in [2.24, 2.45) is 0 Å². The molecule has 2 aromatic carbocycles. The standard InChI is InChI=1S/C28H38N2O3/c1-6-30(7-2)16-8-9-22(21-10-12-23(13-11-21)28(3,4)5)19-27(31)29-24-14-15-25-26(20-24)33-18-17-32-25/h10-15,19-20H,6-9,16-18H2,1-5H3,(H,29,31)/b22-19+. The topological polar surface area (TPSA) is 50.8 Å². The first-order valence-corrected chi connectivity index (χ1v) is 12.0. The lowest BCUT2D eigenvalue weighted by molar-refractivity contribution is -0.111. The lowest BCUT2D eigenvalue weighted by Gasteiger charge is -2.20. The molecular formula is C28H38N2O3. The fraction of sp³-hybridized carbons (Fsp3) is 0.464. The maximum absolute atomic E-state index is 12.9. The van der Waals surface area contributed by atoms with Crippen LogP contribution in [0.3, 0.4) is 0 Å². The van der Waals surface area contributed by atoms with E-state index in [0.717, 1.165) is 43.6 Å². The number of hydrogen-bond donors (Lipinski definition) is 1. The normalized spacial score (nSPS) is 13.8. The van der Waals surface area contributed by atoms with E-state index in [4.69, 9.17) is 9.47 Å². The molecule has 5 heteroatoms. The van der Waals surface area contributed by atoms with Crippen molar-refractivity contribution in [1.29, 1.82) is 0 Å². The third-order valence-electron chi connectivity index (χ3n) is 6.05. The summed E-state index contributed by atoms with van der Waals surface area (Å²) in [6.45, 7) is 15.2. The van der Waals surface area contributed by atoms with Crippen LogP contribution in [0.1, 0.15) is 58.6 Å². The average Bonchev–Trinajstić information content (AvgIpc) is 2.80. The van der Waals surface area contributed by atoms with Gasteiger partial charge in [-0.1, -0.05) is 58.9 Å². The van der Waals surface area contributed by atoms with E-state index in [-0.39, 0.29) is 11.3 Å². The molecule has 2 aromatic rings. The first kappa shape index (κ1) is 24.8. The molecule has 0 aromatic heterocycles. The van der Waals surface area contributed by atoms with Crippen molar-refractivity contribution >= 4 is 17.2 Å². The van der Waals surface area contributed by atoms with E-state index in [2.05, 4.69) is 69.1 Å². The molecule has 0 bridgehead atoms. The number of allylic oxidation sites excluding steroid dienone is 1. The predicted octanol–water partition coefficient (Wildman–Crippen LogP) is 5.90. The van der Waals surface area contributed by atoms with Gasteiger partial charge in [0.25, 0.3) is 0 Å². The summed E-state index contributed by atoms with van der Waals surface area (Å²) in [5, 5.41) is 2.99. The molecule has 0 saturated heterocycles. The number of hydrogen-bond acceptors (Lipinski definition) is 4. The lowest BCUT2D eigenvalue weighted by Crippen LogP contribution is -2.24. The third kappa shape index (κ3) is 7.10. The summed E-state index contributed by atoms with van der Waals surface area (Å²) in [4.78, 5) is 15.3. The molecule has 178 valence electrons. The van der Waals surface area contributed by atoms with E-state index in [1.807, 2.05) is 18.2 Å². The van der Waals surface area contributed by atoms with Crippen molar-refractivity contribution in [3.63, 3.8) is 0 Å². The van der Waals surface area contributed by atoms with Gasteiger partial charge in [-0.2, -0.15) is 0 Å². The van der Waals surface area contributed by atoms with E-state index in [9.17, 15) is 4.79 Å². The van der Waals surface area contributed by atoms with E-state index >= 15 is 0 Å². The van der Waals surface area contributed by atoms with Gasteiger partial charge in [-0.3, -0.25) is 4.79 Å². The highest BCUT2D eigenvalue weighted by Crippen LogP contribution is 2.33. The number of carbonyl (C=O) groups excluding carboxylic acids is 1. The van der Waals surface area contributed by atoms with Crippen LogP contribution in [0, 0.1) is 0 Å². The summed E-state index contributed by atoms with van der Waals surface area (Å²) in [6.07, 6.45) is 3.59. The number of nitrogens with zero attached hydrogens (tertiary/aromatic N) is 1. The molecule has 0 aliphatic carbocycles. The number of amides is 1. The molecular weight excluding hydrogens is 412 g/mol. The molecule has 0 atom stereocenters. The van der Waals surface area contributed by atoms with Gasteiger partial charge in [0.2, 0.25) is 5.91 Å². The van der Waals surface area contributed by atoms with Gasteiger partial charge in [-0.25, -0.2) is 0 Å². The second kappa shape index (κ2) is 11.4. The molecule has 0 spiro atoms. The number of rotatable bonds is 9. The first-order valence-electron chi connectivity index (χ1n) is 12.0. The van der Waals surface area contributed by atoms with Crippen molar-refractivity contribution in [3.05, 3.63) is 59.7 Å². The monoisotopic (exact) mass is 450 g/mol. The Morgan fingerprint density at radius 1 is 1.00 bits per heavy atom. The molecule has 1 aliphatic rings. The van der Waals surface area contributed by atoms with Crippen LogP contribution >= 0.6 is 0 Å². The Balaban J connectivity index is 1.77. The zero-order chi connectivity index (χ0) is 23.8.